The van der Waals surface area contributed by atoms with E-state index in [1.54, 1.807) is 12.5 Å². The highest BCUT2D eigenvalue weighted by Gasteiger charge is 2.26. The topological polar surface area (TPSA) is 52.0 Å². The molecule has 0 aliphatic heterocycles. The van der Waals surface area contributed by atoms with Gasteiger partial charge in [0.15, 0.2) is 0 Å². The van der Waals surface area contributed by atoms with Crippen molar-refractivity contribution in [3.63, 3.8) is 0 Å². The van der Waals surface area contributed by atoms with E-state index in [2.05, 4.69) is 4.98 Å². The molecule has 1 saturated carbocycles. The minimum atomic E-state index is -3.46. The second-order valence-electron chi connectivity index (χ2n) is 3.21. The van der Waals surface area contributed by atoms with Crippen LogP contribution in [0.25, 0.3) is 0 Å². The van der Waals surface area contributed by atoms with E-state index in [4.69, 9.17) is 10.7 Å². The number of aromatic nitrogens is 2. The zero-order valence-corrected chi connectivity index (χ0v) is 8.42. The minimum Gasteiger partial charge on any atom is -0.330 e. The lowest BCUT2D eigenvalue weighted by Gasteiger charge is -2.03. The maximum Gasteiger partial charge on any atom is 0.238 e. The maximum absolute atomic E-state index is 10.8. The SMILES string of the molecule is O=S(=O)(Cl)Cc1cncn1C1CC1. The molecule has 0 atom stereocenters. The van der Waals surface area contributed by atoms with E-state index in [-0.39, 0.29) is 5.75 Å². The summed E-state index contributed by atoms with van der Waals surface area (Å²) in [6.07, 6.45) is 5.42. The van der Waals surface area contributed by atoms with Gasteiger partial charge in [0.05, 0.1) is 12.0 Å². The van der Waals surface area contributed by atoms with Crippen molar-refractivity contribution in [2.24, 2.45) is 0 Å². The van der Waals surface area contributed by atoms with E-state index in [1.165, 1.54) is 0 Å². The van der Waals surface area contributed by atoms with Crippen LogP contribution in [-0.2, 0) is 14.8 Å². The second kappa shape index (κ2) is 2.99. The van der Waals surface area contributed by atoms with Crippen molar-refractivity contribution in [1.82, 2.24) is 9.55 Å². The number of nitrogens with zero attached hydrogens (tertiary/aromatic N) is 2. The van der Waals surface area contributed by atoms with E-state index >= 15 is 0 Å². The van der Waals surface area contributed by atoms with Crippen LogP contribution >= 0.6 is 10.7 Å². The number of imidazole rings is 1. The molecule has 4 nitrogen and oxygen atoms in total. The zero-order chi connectivity index (χ0) is 9.47. The average Bonchev–Trinajstić information content (AvgIpc) is 2.72. The molecule has 13 heavy (non-hydrogen) atoms. The molecule has 1 aromatic heterocycles. The van der Waals surface area contributed by atoms with Gasteiger partial charge in [-0.25, -0.2) is 13.4 Å². The predicted molar refractivity (Wildman–Crippen MR) is 49.0 cm³/mol. The lowest BCUT2D eigenvalue weighted by molar-refractivity contribution is 0.605. The van der Waals surface area contributed by atoms with Gasteiger partial charge < -0.3 is 4.57 Å². The maximum atomic E-state index is 10.8. The lowest BCUT2D eigenvalue weighted by Crippen LogP contribution is -2.03. The monoisotopic (exact) mass is 220 g/mol. The minimum absolute atomic E-state index is 0.134. The summed E-state index contributed by atoms with van der Waals surface area (Å²) in [5.74, 6) is -0.134. The summed E-state index contributed by atoms with van der Waals surface area (Å²) in [7, 11) is 1.69. The molecule has 1 aliphatic carbocycles. The average molecular weight is 221 g/mol. The molecule has 1 heterocycles. The van der Waals surface area contributed by atoms with Gasteiger partial charge in [0.2, 0.25) is 9.05 Å². The Bertz CT molecular complexity index is 408. The fourth-order valence-corrected chi connectivity index (χ4v) is 2.21. The van der Waals surface area contributed by atoms with Crippen molar-refractivity contribution in [2.75, 3.05) is 0 Å². The highest BCUT2D eigenvalue weighted by molar-refractivity contribution is 8.13. The molecule has 2 rings (SSSR count). The molecule has 72 valence electrons. The molecule has 0 N–H and O–H groups in total. The summed E-state index contributed by atoms with van der Waals surface area (Å²) in [5.41, 5.74) is 0.678. The largest absolute Gasteiger partial charge is 0.330 e. The van der Waals surface area contributed by atoms with Crippen LogP contribution in [0.2, 0.25) is 0 Å². The van der Waals surface area contributed by atoms with E-state index in [1.807, 2.05) is 4.57 Å². The Labute approximate surface area is 81.0 Å². The smallest absolute Gasteiger partial charge is 0.238 e. The van der Waals surface area contributed by atoms with Crippen molar-refractivity contribution < 1.29 is 8.42 Å². The van der Waals surface area contributed by atoms with Crippen LogP contribution in [0, 0.1) is 0 Å². The van der Waals surface area contributed by atoms with Gasteiger partial charge in [-0.2, -0.15) is 0 Å². The molecule has 1 aromatic rings. The number of rotatable bonds is 3. The van der Waals surface area contributed by atoms with Crippen LogP contribution in [0.15, 0.2) is 12.5 Å². The van der Waals surface area contributed by atoms with Gasteiger partial charge >= 0.3 is 0 Å². The standard InChI is InChI=1S/C7H9ClN2O2S/c8-13(11,12)4-7-3-9-5-10(7)6-1-2-6/h3,5-6H,1-2,4H2. The molecule has 6 heteroatoms. The van der Waals surface area contributed by atoms with Crippen LogP contribution in [0.5, 0.6) is 0 Å². The van der Waals surface area contributed by atoms with E-state index in [9.17, 15) is 8.42 Å². The number of halogens is 1. The summed E-state index contributed by atoms with van der Waals surface area (Å²) in [5, 5.41) is 0. The Hall–Kier alpha value is -0.550. The normalized spacial score (nSPS) is 17.6. The molecular weight excluding hydrogens is 212 g/mol. The van der Waals surface area contributed by atoms with Crippen molar-refractivity contribution in [1.29, 1.82) is 0 Å². The summed E-state index contributed by atoms with van der Waals surface area (Å²) in [4.78, 5) is 3.91. The Morgan fingerprint density at radius 1 is 1.62 bits per heavy atom. The van der Waals surface area contributed by atoms with Crippen LogP contribution < -0.4 is 0 Å². The Morgan fingerprint density at radius 3 is 2.85 bits per heavy atom. The summed E-state index contributed by atoms with van der Waals surface area (Å²) < 4.78 is 23.5. The molecule has 1 fully saturated rings. The molecular formula is C7H9ClN2O2S. The highest BCUT2D eigenvalue weighted by Crippen LogP contribution is 2.36. The Kier molecular flexibility index (Phi) is 2.08. The molecule has 0 spiro atoms. The van der Waals surface area contributed by atoms with Gasteiger partial charge in [-0.1, -0.05) is 0 Å². The van der Waals surface area contributed by atoms with Crippen molar-refractivity contribution in [3.8, 4) is 0 Å². The summed E-state index contributed by atoms with van der Waals surface area (Å²) in [6.45, 7) is 0. The van der Waals surface area contributed by atoms with E-state index in [0.717, 1.165) is 12.8 Å². The van der Waals surface area contributed by atoms with Gasteiger partial charge in [-0.15, -0.1) is 0 Å². The first-order valence-electron chi connectivity index (χ1n) is 3.99. The second-order valence-corrected chi connectivity index (χ2v) is 5.98. The van der Waals surface area contributed by atoms with Crippen molar-refractivity contribution in [2.45, 2.75) is 24.6 Å². The third kappa shape index (κ3) is 2.22. The van der Waals surface area contributed by atoms with Crippen LogP contribution in [0.1, 0.15) is 24.6 Å². The first-order valence-corrected chi connectivity index (χ1v) is 6.47. The molecule has 0 bridgehead atoms. The van der Waals surface area contributed by atoms with Crippen molar-refractivity contribution >= 4 is 19.7 Å². The summed E-state index contributed by atoms with van der Waals surface area (Å²) in [6, 6.07) is 0.441. The third-order valence-electron chi connectivity index (χ3n) is 2.01. The molecule has 0 amide bonds. The first-order chi connectivity index (χ1) is 6.06. The lowest BCUT2D eigenvalue weighted by atomic mass is 10.5. The molecule has 0 radical (unpaired) electrons. The first kappa shape index (κ1) is 9.02. The highest BCUT2D eigenvalue weighted by atomic mass is 35.7. The molecule has 1 aliphatic rings. The van der Waals surface area contributed by atoms with E-state index in [0.29, 0.717) is 11.7 Å². The van der Waals surface area contributed by atoms with Crippen LogP contribution in [0.3, 0.4) is 0 Å². The zero-order valence-electron chi connectivity index (χ0n) is 6.85. The van der Waals surface area contributed by atoms with Gasteiger partial charge in [-0.05, 0) is 12.8 Å². The van der Waals surface area contributed by atoms with E-state index < -0.39 is 9.05 Å². The van der Waals surface area contributed by atoms with Gasteiger partial charge in [0.1, 0.15) is 5.75 Å². The Morgan fingerprint density at radius 2 is 2.31 bits per heavy atom. The van der Waals surface area contributed by atoms with Gasteiger partial charge in [0, 0.05) is 22.9 Å². The molecule has 0 saturated heterocycles. The third-order valence-corrected chi connectivity index (χ3v) is 2.97. The predicted octanol–water partition coefficient (Wildman–Crippen LogP) is 1.29. The Balaban J connectivity index is 2.24. The fraction of sp³-hybridized carbons (Fsp3) is 0.571. The van der Waals surface area contributed by atoms with Crippen LogP contribution in [0.4, 0.5) is 0 Å². The van der Waals surface area contributed by atoms with Crippen molar-refractivity contribution in [3.05, 3.63) is 18.2 Å². The van der Waals surface area contributed by atoms with Gasteiger partial charge in [-0.3, -0.25) is 0 Å². The quantitative estimate of drug-likeness (QED) is 0.722. The van der Waals surface area contributed by atoms with Gasteiger partial charge in [0.25, 0.3) is 0 Å². The number of hydrogen-bond acceptors (Lipinski definition) is 3. The fourth-order valence-electron chi connectivity index (χ4n) is 1.30. The molecule has 0 aromatic carbocycles. The molecule has 0 unspecified atom stereocenters. The van der Waals surface area contributed by atoms with Crippen LogP contribution in [-0.4, -0.2) is 18.0 Å². The number of hydrogen-bond donors (Lipinski definition) is 0. The summed E-state index contributed by atoms with van der Waals surface area (Å²) >= 11 is 0.